The summed E-state index contributed by atoms with van der Waals surface area (Å²) in [6.07, 6.45) is 0.338. The van der Waals surface area contributed by atoms with Crippen LogP contribution in [-0.4, -0.2) is 22.8 Å². The summed E-state index contributed by atoms with van der Waals surface area (Å²) in [6.45, 7) is 6.07. The van der Waals surface area contributed by atoms with E-state index in [2.05, 4.69) is 47.8 Å². The van der Waals surface area contributed by atoms with Crippen LogP contribution in [0.5, 0.6) is 5.75 Å². The molecule has 0 aliphatic rings. The van der Waals surface area contributed by atoms with Gasteiger partial charge in [-0.1, -0.05) is 29.8 Å². The van der Waals surface area contributed by atoms with Crippen LogP contribution >= 0.6 is 11.3 Å². The molecule has 4 aromatic rings. The number of nitrogens with one attached hydrogen (secondary N) is 1. The zero-order chi connectivity index (χ0) is 21.3. The quantitative estimate of drug-likeness (QED) is 0.448. The highest BCUT2D eigenvalue weighted by atomic mass is 32.1. The zero-order valence-electron chi connectivity index (χ0n) is 17.6. The third-order valence-corrected chi connectivity index (χ3v) is 6.26. The predicted octanol–water partition coefficient (Wildman–Crippen LogP) is 5.51. The number of ether oxygens (including phenoxy) is 1. The van der Waals surface area contributed by atoms with Crippen LogP contribution in [-0.2, 0) is 11.2 Å². The number of hydrogen-bond donors (Lipinski definition) is 1. The van der Waals surface area contributed by atoms with E-state index in [9.17, 15) is 4.79 Å². The molecular formula is C24H25N3O2S. The van der Waals surface area contributed by atoms with Crippen molar-refractivity contribution in [1.29, 1.82) is 0 Å². The van der Waals surface area contributed by atoms with Gasteiger partial charge in [-0.05, 0) is 60.9 Å². The van der Waals surface area contributed by atoms with E-state index in [0.29, 0.717) is 12.2 Å². The van der Waals surface area contributed by atoms with Gasteiger partial charge in [0.2, 0.25) is 5.91 Å². The van der Waals surface area contributed by atoms with Gasteiger partial charge in [0.15, 0.2) is 0 Å². The standard InChI is InChI=1S/C24H25N3O2S/c1-15-5-10-22-21(11-15)19(14-30-22)13-24(28)25-23-12-16(2)26-27(23)17(3)18-6-8-20(29-4)9-7-18/h5-12,14,17H,13H2,1-4H3,(H,25,28). The molecule has 2 aromatic carbocycles. The molecular weight excluding hydrogens is 394 g/mol. The maximum Gasteiger partial charge on any atom is 0.229 e. The number of thiophene rings is 1. The molecule has 154 valence electrons. The first-order valence-corrected chi connectivity index (χ1v) is 10.8. The molecule has 2 heterocycles. The lowest BCUT2D eigenvalue weighted by molar-refractivity contribution is -0.115. The molecule has 0 saturated carbocycles. The Morgan fingerprint density at radius 1 is 1.17 bits per heavy atom. The Hall–Kier alpha value is -3.12. The highest BCUT2D eigenvalue weighted by molar-refractivity contribution is 7.17. The summed E-state index contributed by atoms with van der Waals surface area (Å²) in [5, 5.41) is 10.9. The van der Waals surface area contributed by atoms with E-state index in [1.54, 1.807) is 18.4 Å². The minimum atomic E-state index is -0.0423. The predicted molar refractivity (Wildman–Crippen MR) is 123 cm³/mol. The second-order valence-corrected chi connectivity index (χ2v) is 8.46. The highest BCUT2D eigenvalue weighted by Gasteiger charge is 2.17. The molecule has 6 heteroatoms. The fraction of sp³-hybridized carbons (Fsp3) is 0.250. The molecule has 4 rings (SSSR count). The van der Waals surface area contributed by atoms with Crippen molar-refractivity contribution < 1.29 is 9.53 Å². The fourth-order valence-corrected chi connectivity index (χ4v) is 4.56. The molecule has 5 nitrogen and oxygen atoms in total. The van der Waals surface area contributed by atoms with E-state index in [4.69, 9.17) is 4.74 Å². The van der Waals surface area contributed by atoms with Crippen LogP contribution in [0.15, 0.2) is 53.9 Å². The van der Waals surface area contributed by atoms with Gasteiger partial charge in [0.1, 0.15) is 11.6 Å². The Morgan fingerprint density at radius 3 is 2.67 bits per heavy atom. The summed E-state index contributed by atoms with van der Waals surface area (Å²) in [7, 11) is 1.65. The number of fused-ring (bicyclic) bond motifs is 1. The Bertz CT molecular complexity index is 1190. The molecule has 1 N–H and O–H groups in total. The van der Waals surface area contributed by atoms with Crippen molar-refractivity contribution in [3.8, 4) is 5.75 Å². The lowest BCUT2D eigenvalue weighted by Crippen LogP contribution is -2.19. The number of carbonyl (C=O) groups excluding carboxylic acids is 1. The molecule has 0 saturated heterocycles. The number of amides is 1. The van der Waals surface area contributed by atoms with Gasteiger partial charge in [0.25, 0.3) is 0 Å². The van der Waals surface area contributed by atoms with Crippen molar-refractivity contribution in [3.05, 3.63) is 76.3 Å². The summed E-state index contributed by atoms with van der Waals surface area (Å²) in [4.78, 5) is 12.8. The van der Waals surface area contributed by atoms with Crippen LogP contribution < -0.4 is 10.1 Å². The SMILES string of the molecule is COc1ccc(C(C)n2nc(C)cc2NC(=O)Cc2csc3ccc(C)cc23)cc1. The van der Waals surface area contributed by atoms with Crippen molar-refractivity contribution in [1.82, 2.24) is 9.78 Å². The number of aromatic nitrogens is 2. The van der Waals surface area contributed by atoms with E-state index in [0.717, 1.165) is 28.0 Å². The fourth-order valence-electron chi connectivity index (χ4n) is 3.62. The van der Waals surface area contributed by atoms with Gasteiger partial charge in [-0.3, -0.25) is 4.79 Å². The Kier molecular flexibility index (Phi) is 5.59. The number of aryl methyl sites for hydroxylation is 2. The normalized spacial score (nSPS) is 12.1. The summed E-state index contributed by atoms with van der Waals surface area (Å²) < 4.78 is 8.32. The van der Waals surface area contributed by atoms with E-state index < -0.39 is 0 Å². The van der Waals surface area contributed by atoms with Gasteiger partial charge in [-0.25, -0.2) is 4.68 Å². The van der Waals surface area contributed by atoms with Crippen LogP contribution in [0.4, 0.5) is 5.82 Å². The number of anilines is 1. The maximum absolute atomic E-state index is 12.8. The number of nitrogens with zero attached hydrogens (tertiary/aromatic N) is 2. The van der Waals surface area contributed by atoms with Crippen LogP contribution in [0.3, 0.4) is 0 Å². The summed E-state index contributed by atoms with van der Waals surface area (Å²) in [5.74, 6) is 1.48. The molecule has 0 fully saturated rings. The molecule has 1 unspecified atom stereocenters. The average Bonchev–Trinajstić information content (AvgIpc) is 3.30. The molecule has 0 radical (unpaired) electrons. The second kappa shape index (κ2) is 8.32. The Balaban J connectivity index is 1.54. The van der Waals surface area contributed by atoms with Crippen molar-refractivity contribution in [3.63, 3.8) is 0 Å². The van der Waals surface area contributed by atoms with Crippen molar-refractivity contribution in [2.75, 3.05) is 12.4 Å². The lowest BCUT2D eigenvalue weighted by atomic mass is 10.1. The number of rotatable bonds is 6. The largest absolute Gasteiger partial charge is 0.497 e. The van der Waals surface area contributed by atoms with Crippen LogP contribution in [0.2, 0.25) is 0 Å². The van der Waals surface area contributed by atoms with Gasteiger partial charge in [-0.15, -0.1) is 11.3 Å². The van der Waals surface area contributed by atoms with Gasteiger partial charge in [0.05, 0.1) is 25.3 Å². The van der Waals surface area contributed by atoms with E-state index in [1.165, 1.54) is 10.3 Å². The van der Waals surface area contributed by atoms with Crippen LogP contribution in [0.25, 0.3) is 10.1 Å². The summed E-state index contributed by atoms with van der Waals surface area (Å²) in [5.41, 5.74) is 4.21. The molecule has 0 aliphatic heterocycles. The maximum atomic E-state index is 12.8. The molecule has 2 aromatic heterocycles. The second-order valence-electron chi connectivity index (χ2n) is 7.55. The first-order valence-electron chi connectivity index (χ1n) is 9.91. The summed E-state index contributed by atoms with van der Waals surface area (Å²) >= 11 is 1.68. The molecule has 0 spiro atoms. The highest BCUT2D eigenvalue weighted by Crippen LogP contribution is 2.28. The monoisotopic (exact) mass is 419 g/mol. The number of benzene rings is 2. The van der Waals surface area contributed by atoms with Crippen LogP contribution in [0, 0.1) is 13.8 Å². The lowest BCUT2D eigenvalue weighted by Gasteiger charge is -2.17. The first-order chi connectivity index (χ1) is 14.4. The minimum Gasteiger partial charge on any atom is -0.497 e. The Morgan fingerprint density at radius 2 is 1.93 bits per heavy atom. The molecule has 1 amide bonds. The number of hydrogen-bond acceptors (Lipinski definition) is 4. The molecule has 0 aliphatic carbocycles. The van der Waals surface area contributed by atoms with Crippen LogP contribution in [0.1, 0.15) is 35.3 Å². The van der Waals surface area contributed by atoms with Gasteiger partial charge in [-0.2, -0.15) is 5.10 Å². The zero-order valence-corrected chi connectivity index (χ0v) is 18.4. The van der Waals surface area contributed by atoms with Gasteiger partial charge in [0, 0.05) is 10.8 Å². The third kappa shape index (κ3) is 4.09. The van der Waals surface area contributed by atoms with Gasteiger partial charge < -0.3 is 10.1 Å². The van der Waals surface area contributed by atoms with Crippen molar-refractivity contribution in [2.24, 2.45) is 0 Å². The molecule has 0 bridgehead atoms. The minimum absolute atomic E-state index is 0.0236. The van der Waals surface area contributed by atoms with Gasteiger partial charge >= 0.3 is 0 Å². The van der Waals surface area contributed by atoms with E-state index in [-0.39, 0.29) is 11.9 Å². The van der Waals surface area contributed by atoms with E-state index >= 15 is 0 Å². The van der Waals surface area contributed by atoms with Crippen molar-refractivity contribution in [2.45, 2.75) is 33.2 Å². The third-order valence-electron chi connectivity index (χ3n) is 5.25. The Labute approximate surface area is 180 Å². The van der Waals surface area contributed by atoms with E-state index in [1.807, 2.05) is 41.9 Å². The average molecular weight is 420 g/mol. The topological polar surface area (TPSA) is 56.1 Å². The van der Waals surface area contributed by atoms with Crippen molar-refractivity contribution >= 4 is 33.1 Å². The first kappa shape index (κ1) is 20.2. The smallest absolute Gasteiger partial charge is 0.229 e. The summed E-state index contributed by atoms with van der Waals surface area (Å²) in [6, 6.07) is 16.2. The molecule has 1 atom stereocenters. The number of methoxy groups -OCH3 is 1. The molecule has 30 heavy (non-hydrogen) atoms. The number of carbonyl (C=O) groups is 1.